The lowest BCUT2D eigenvalue weighted by Crippen LogP contribution is -2.50. The van der Waals surface area contributed by atoms with Gasteiger partial charge in [-0.05, 0) is 94.2 Å². The van der Waals surface area contributed by atoms with Gasteiger partial charge in [-0.25, -0.2) is 0 Å². The summed E-state index contributed by atoms with van der Waals surface area (Å²) in [4.78, 5) is 168. The minimum Gasteiger partial charge on any atom is -0.481 e. The van der Waals surface area contributed by atoms with E-state index in [1.165, 1.54) is 13.8 Å². The molecule has 28 nitrogen and oxygen atoms in total. The third-order valence-corrected chi connectivity index (χ3v) is 16.3. The van der Waals surface area contributed by atoms with Crippen LogP contribution in [0, 0.1) is 35.0 Å². The van der Waals surface area contributed by atoms with Crippen molar-refractivity contribution >= 4 is 106 Å². The molecule has 0 fully saturated rings. The Kier molecular flexibility index (Phi) is 33.4. The van der Waals surface area contributed by atoms with Crippen molar-refractivity contribution in [2.75, 3.05) is 25.4 Å². The summed E-state index contributed by atoms with van der Waals surface area (Å²) in [6.45, 7) is 8.04. The number of nitrogens with zero attached hydrogens (tertiary/aromatic N) is 3. The number of unbranched alkanes of at least 4 members (excludes halogenated alkanes) is 1. The Morgan fingerprint density at radius 2 is 1.02 bits per heavy atom. The standard InChI is InChI=1S/C64H97N15O13S/c1-36(80)27-39(17-13-25-73-62(68)69)56(87)76-48(21-14-26-74-63(70)71)51(82)31-41(28-38-15-7-6-8-16-38)58(89)78-49(29-42-34-75-46-19-10-9-18-43(42)46)52(83)30-40(22-23-55(65)86)57(88)79-50(35-93)53(84)32-44(37(2)81)59(90)77-47(20-11-12-24-72-61(66)67)54(85)33-45(60(91)92)64(3,4)5/h6-10,15-16,18-19,34,37,39-41,44-45,47-50,75,81,93H,11-14,17,20-33,35H2,1-5H3,(H2,65,86)(H,76,87)(H,77,90)(H,78,89)(H,79,88)(H,91,92)(H4,66,67,72)(H4,68,69,73)(H4,70,71,74)/t37-,39-,40-,41-,44+,45-,47+,48+,49+,50+/m1/s1. The number of ketones is 5. The van der Waals surface area contributed by atoms with Gasteiger partial charge in [0, 0.05) is 105 Å². The van der Waals surface area contributed by atoms with Gasteiger partial charge in [-0.1, -0.05) is 69.3 Å². The zero-order valence-electron chi connectivity index (χ0n) is 53.9. The average molecular weight is 1320 g/mol. The number of benzene rings is 2. The van der Waals surface area contributed by atoms with Crippen molar-refractivity contribution in [3.63, 3.8) is 0 Å². The van der Waals surface area contributed by atoms with Gasteiger partial charge < -0.3 is 81.4 Å². The Labute approximate surface area is 547 Å². The number of hydrogen-bond donors (Lipinski definition) is 15. The Morgan fingerprint density at radius 3 is 1.57 bits per heavy atom. The van der Waals surface area contributed by atoms with Crippen molar-refractivity contribution in [3.05, 3.63) is 71.9 Å². The maximum atomic E-state index is 15.1. The first-order valence-corrected chi connectivity index (χ1v) is 31.8. The fraction of sp³-hybridized carbons (Fsp3) is 0.562. The first-order chi connectivity index (χ1) is 43.8. The topological polar surface area (TPSA) is 511 Å². The van der Waals surface area contributed by atoms with Gasteiger partial charge in [0.15, 0.2) is 41.0 Å². The van der Waals surface area contributed by atoms with E-state index in [1.807, 2.05) is 6.07 Å². The molecular formula is C64H97N15O13S. The minimum atomic E-state index is -1.50. The van der Waals surface area contributed by atoms with Gasteiger partial charge in [0.25, 0.3) is 0 Å². The van der Waals surface area contributed by atoms with E-state index < -0.39 is 156 Å². The third kappa shape index (κ3) is 28.8. The maximum Gasteiger partial charge on any atom is 0.307 e. The molecule has 0 saturated carbocycles. The van der Waals surface area contributed by atoms with Crippen molar-refractivity contribution in [2.24, 2.45) is 90.1 Å². The molecule has 3 rings (SSSR count). The highest BCUT2D eigenvalue weighted by molar-refractivity contribution is 7.80. The number of amides is 5. The van der Waals surface area contributed by atoms with Gasteiger partial charge in [-0.2, -0.15) is 12.6 Å². The number of aliphatic carboxylic acids is 1. The molecule has 2 aromatic carbocycles. The third-order valence-electron chi connectivity index (χ3n) is 15.9. The fourth-order valence-electron chi connectivity index (χ4n) is 10.7. The smallest absolute Gasteiger partial charge is 0.307 e. The molecular weight excluding hydrogens is 1220 g/mol. The molecule has 93 heavy (non-hydrogen) atoms. The average Bonchev–Trinajstić information content (AvgIpc) is 1.78. The van der Waals surface area contributed by atoms with Crippen LogP contribution in [-0.4, -0.2) is 153 Å². The highest BCUT2D eigenvalue weighted by Gasteiger charge is 2.39. The van der Waals surface area contributed by atoms with Crippen LogP contribution in [-0.2, 0) is 65.6 Å². The Bertz CT molecular complexity index is 3120. The number of carbonyl (C=O) groups excluding carboxylic acids is 10. The summed E-state index contributed by atoms with van der Waals surface area (Å²) in [5.41, 5.74) is 39.7. The largest absolute Gasteiger partial charge is 0.481 e. The molecule has 0 saturated heterocycles. The molecule has 0 aliphatic rings. The van der Waals surface area contributed by atoms with Gasteiger partial charge in [-0.15, -0.1) is 0 Å². The molecule has 0 radical (unpaired) electrons. The number of carboxylic acids is 1. The van der Waals surface area contributed by atoms with Crippen LogP contribution >= 0.6 is 12.6 Å². The fourth-order valence-corrected chi connectivity index (χ4v) is 11.0. The molecule has 0 spiro atoms. The lowest BCUT2D eigenvalue weighted by Gasteiger charge is -2.29. The lowest BCUT2D eigenvalue weighted by atomic mass is 9.77. The molecule has 1 heterocycles. The van der Waals surface area contributed by atoms with Crippen LogP contribution in [0.25, 0.3) is 10.9 Å². The van der Waals surface area contributed by atoms with Crippen molar-refractivity contribution in [3.8, 4) is 0 Å². The quantitative estimate of drug-likeness (QED) is 0.0163. The molecule has 0 aliphatic carbocycles. The van der Waals surface area contributed by atoms with Crippen LogP contribution in [0.1, 0.15) is 136 Å². The second-order valence-corrected chi connectivity index (χ2v) is 25.0. The molecule has 29 heteroatoms. The zero-order valence-corrected chi connectivity index (χ0v) is 54.8. The molecule has 10 atom stereocenters. The molecule has 3 aromatic rings. The summed E-state index contributed by atoms with van der Waals surface area (Å²) in [5.74, 6) is -15.0. The number of primary amides is 1. The number of nitrogens with one attached hydrogen (secondary N) is 5. The molecule has 21 N–H and O–H groups in total. The number of para-hydroxylation sites is 1. The summed E-state index contributed by atoms with van der Waals surface area (Å²) in [6.07, 6.45) is -1.58. The zero-order chi connectivity index (χ0) is 69.5. The van der Waals surface area contributed by atoms with Crippen molar-refractivity contribution in [1.82, 2.24) is 26.3 Å². The molecule has 0 bridgehead atoms. The van der Waals surface area contributed by atoms with Gasteiger partial charge in [0.05, 0.1) is 42.1 Å². The molecule has 512 valence electrons. The number of nitrogens with two attached hydrogens (primary N) is 7. The number of aliphatic hydroxyl groups excluding tert-OH is 1. The second kappa shape index (κ2) is 39.6. The first-order valence-electron chi connectivity index (χ1n) is 31.2. The van der Waals surface area contributed by atoms with Crippen LogP contribution in [0.2, 0.25) is 0 Å². The van der Waals surface area contributed by atoms with E-state index in [0.29, 0.717) is 41.3 Å². The van der Waals surface area contributed by atoms with E-state index >= 15 is 9.59 Å². The Hall–Kier alpha value is -8.73. The van der Waals surface area contributed by atoms with E-state index in [4.69, 9.17) is 40.1 Å². The number of rotatable bonds is 45. The summed E-state index contributed by atoms with van der Waals surface area (Å²) in [5, 5.41) is 32.6. The van der Waals surface area contributed by atoms with Crippen LogP contribution in [0.4, 0.5) is 0 Å². The van der Waals surface area contributed by atoms with Crippen molar-refractivity contribution < 1.29 is 63.0 Å². The van der Waals surface area contributed by atoms with Gasteiger partial charge in [0.2, 0.25) is 29.5 Å². The number of carboxylic acid groups (broad SMARTS) is 1. The van der Waals surface area contributed by atoms with Crippen LogP contribution in [0.3, 0.4) is 0 Å². The highest BCUT2D eigenvalue weighted by atomic mass is 32.1. The highest BCUT2D eigenvalue weighted by Crippen LogP contribution is 2.31. The number of hydrogen-bond acceptors (Lipinski definition) is 16. The number of Topliss-reactive ketones (excluding diaryl/α,β-unsaturated/α-hetero) is 5. The Morgan fingerprint density at radius 1 is 0.548 bits per heavy atom. The van der Waals surface area contributed by atoms with Gasteiger partial charge in [-0.3, -0.25) is 62.9 Å². The first kappa shape index (κ1) is 78.5. The van der Waals surface area contributed by atoms with Gasteiger partial charge in [0.1, 0.15) is 5.78 Å². The number of H-pyrrole nitrogens is 1. The van der Waals surface area contributed by atoms with E-state index in [0.717, 1.165) is 0 Å². The molecule has 1 aromatic heterocycles. The van der Waals surface area contributed by atoms with E-state index in [2.05, 4.69) is 53.9 Å². The van der Waals surface area contributed by atoms with Crippen molar-refractivity contribution in [1.29, 1.82) is 0 Å². The van der Waals surface area contributed by atoms with Crippen LogP contribution in [0.15, 0.2) is 75.8 Å². The van der Waals surface area contributed by atoms with Crippen LogP contribution < -0.4 is 61.4 Å². The number of aliphatic imine (C=N–C) groups is 3. The lowest BCUT2D eigenvalue weighted by molar-refractivity contribution is -0.148. The SMILES string of the molecule is CC(=O)C[C@@H](CCCN=C(N)N)C(=O)N[C@@H](CCCN=C(N)N)C(=O)C[C@@H](Cc1ccccc1)C(=O)N[C@@H](Cc1c[nH]c2ccccc12)C(=O)C[C@@H](CCC(N)=O)C(=O)N[C@@H](CS)C(=O)C[C@H](C(=O)N[C@@H](CCCCN=C(N)N)C(=O)C[C@H](C(=O)O)C(C)(C)C)[C@@H](C)O. The number of aromatic nitrogens is 1. The number of thiol groups is 1. The molecule has 0 unspecified atom stereocenters. The molecule has 0 aliphatic heterocycles. The normalized spacial score (nSPS) is 14.6. The predicted molar refractivity (Wildman–Crippen MR) is 357 cm³/mol. The number of guanidine groups is 3. The summed E-state index contributed by atoms with van der Waals surface area (Å²) in [7, 11) is 0. The summed E-state index contributed by atoms with van der Waals surface area (Å²) in [6, 6.07) is 10.6. The van der Waals surface area contributed by atoms with Crippen LogP contribution in [0.5, 0.6) is 0 Å². The number of fused-ring (bicyclic) bond motifs is 1. The molecule has 5 amide bonds. The number of aliphatic hydroxyl groups is 1. The monoisotopic (exact) mass is 1320 g/mol. The second-order valence-electron chi connectivity index (χ2n) is 24.7. The maximum absolute atomic E-state index is 15.1. The van der Waals surface area contributed by atoms with E-state index in [9.17, 15) is 53.4 Å². The van der Waals surface area contributed by atoms with Crippen molar-refractivity contribution in [2.45, 2.75) is 168 Å². The number of carbonyl (C=O) groups is 11. The summed E-state index contributed by atoms with van der Waals surface area (Å²) >= 11 is 4.34. The number of aromatic amines is 1. The van der Waals surface area contributed by atoms with E-state index in [1.54, 1.807) is 75.5 Å². The predicted octanol–water partition coefficient (Wildman–Crippen LogP) is 1.05. The van der Waals surface area contributed by atoms with Gasteiger partial charge >= 0.3 is 5.97 Å². The summed E-state index contributed by atoms with van der Waals surface area (Å²) < 4.78 is 0. The Balaban J connectivity index is 2.03. The van der Waals surface area contributed by atoms with E-state index in [-0.39, 0.29) is 100 Å². The minimum absolute atomic E-state index is 0.0234.